The van der Waals surface area contributed by atoms with E-state index in [0.717, 1.165) is 23.4 Å². The zero-order chi connectivity index (χ0) is 22.6. The van der Waals surface area contributed by atoms with E-state index in [9.17, 15) is 0 Å². The van der Waals surface area contributed by atoms with Crippen LogP contribution in [0.4, 0.5) is 0 Å². The molecule has 0 N–H and O–H groups in total. The first-order valence-corrected chi connectivity index (χ1v) is 11.7. The van der Waals surface area contributed by atoms with Crippen LogP contribution in [0.15, 0.2) is 96.1 Å². The highest BCUT2D eigenvalue weighted by Gasteiger charge is 2.40. The minimum atomic E-state index is -0.239. The van der Waals surface area contributed by atoms with Crippen LogP contribution in [-0.4, -0.2) is 10.7 Å². The molecule has 2 heterocycles. The maximum atomic E-state index is 6.53. The minimum absolute atomic E-state index is 0.121. The van der Waals surface area contributed by atoms with E-state index < -0.39 is 0 Å². The van der Waals surface area contributed by atoms with Crippen molar-refractivity contribution >= 4 is 16.5 Å². The van der Waals surface area contributed by atoms with E-state index in [1.165, 1.54) is 27.5 Å². The quantitative estimate of drug-likeness (QED) is 0.330. The van der Waals surface area contributed by atoms with Crippen LogP contribution in [0.1, 0.15) is 61.7 Å². The van der Waals surface area contributed by atoms with Crippen LogP contribution in [0.5, 0.6) is 5.75 Å². The minimum Gasteiger partial charge on any atom is -0.464 e. The van der Waals surface area contributed by atoms with Crippen LogP contribution in [0.2, 0.25) is 0 Å². The van der Waals surface area contributed by atoms with E-state index in [4.69, 9.17) is 9.84 Å². The number of nitrogens with zero attached hydrogens (tertiary/aromatic N) is 2. The van der Waals surface area contributed by atoms with Gasteiger partial charge in [0.05, 0.1) is 11.8 Å². The van der Waals surface area contributed by atoms with E-state index in [0.29, 0.717) is 0 Å². The summed E-state index contributed by atoms with van der Waals surface area (Å²) in [7, 11) is 0. The monoisotopic (exact) mass is 432 g/mol. The van der Waals surface area contributed by atoms with Gasteiger partial charge in [-0.15, -0.1) is 0 Å². The second kappa shape index (κ2) is 7.48. The fraction of sp³-hybridized carbons (Fsp3) is 0.233. The van der Waals surface area contributed by atoms with Crippen molar-refractivity contribution in [2.24, 2.45) is 5.10 Å². The summed E-state index contributed by atoms with van der Waals surface area (Å²) in [6, 6.07) is 32.5. The Hall–Kier alpha value is -3.59. The first kappa shape index (κ1) is 20.0. The maximum absolute atomic E-state index is 6.53. The molecule has 0 bridgehead atoms. The molecule has 2 aliphatic heterocycles. The highest BCUT2D eigenvalue weighted by Crippen LogP contribution is 2.47. The average molecular weight is 433 g/mol. The van der Waals surface area contributed by atoms with Crippen molar-refractivity contribution in [3.63, 3.8) is 0 Å². The molecule has 6 rings (SSSR count). The predicted octanol–water partition coefficient (Wildman–Crippen LogP) is 7.38. The van der Waals surface area contributed by atoms with E-state index in [1.54, 1.807) is 0 Å². The molecule has 0 radical (unpaired) electrons. The average Bonchev–Trinajstić information content (AvgIpc) is 3.29. The van der Waals surface area contributed by atoms with Crippen molar-refractivity contribution in [3.05, 3.63) is 113 Å². The summed E-state index contributed by atoms with van der Waals surface area (Å²) in [6.07, 6.45) is 0.631. The molecule has 2 aliphatic rings. The zero-order valence-electron chi connectivity index (χ0n) is 19.3. The molecule has 0 aliphatic carbocycles. The second-order valence-electron chi connectivity index (χ2n) is 10.1. The SMILES string of the molecule is CC(C)(C)c1ccc([C@H]2Oc3ccccc3[C@@H]3CC(c4ccc5ccccc5c4)=NN23)cc1. The van der Waals surface area contributed by atoms with Crippen molar-refractivity contribution in [1.29, 1.82) is 0 Å². The topological polar surface area (TPSA) is 24.8 Å². The Morgan fingerprint density at radius 2 is 1.55 bits per heavy atom. The fourth-order valence-electron chi connectivity index (χ4n) is 4.95. The Morgan fingerprint density at radius 3 is 2.33 bits per heavy atom. The first-order chi connectivity index (χ1) is 16.0. The molecule has 4 aromatic carbocycles. The van der Waals surface area contributed by atoms with Gasteiger partial charge in [0.25, 0.3) is 0 Å². The van der Waals surface area contributed by atoms with Crippen molar-refractivity contribution in [1.82, 2.24) is 5.01 Å². The molecule has 0 spiro atoms. The van der Waals surface area contributed by atoms with Crippen molar-refractivity contribution in [3.8, 4) is 5.75 Å². The van der Waals surface area contributed by atoms with Crippen LogP contribution in [0.25, 0.3) is 10.8 Å². The van der Waals surface area contributed by atoms with Gasteiger partial charge in [-0.25, -0.2) is 5.01 Å². The van der Waals surface area contributed by atoms with Gasteiger partial charge in [0, 0.05) is 17.5 Å². The Kier molecular flexibility index (Phi) is 4.55. The normalized spacial score (nSPS) is 19.6. The molecule has 164 valence electrons. The number of hydrazone groups is 1. The van der Waals surface area contributed by atoms with Crippen molar-refractivity contribution in [2.45, 2.75) is 44.9 Å². The summed E-state index contributed by atoms with van der Waals surface area (Å²) >= 11 is 0. The van der Waals surface area contributed by atoms with Crippen LogP contribution < -0.4 is 4.74 Å². The maximum Gasteiger partial charge on any atom is 0.213 e. The summed E-state index contributed by atoms with van der Waals surface area (Å²) in [5, 5.41) is 9.80. The number of rotatable bonds is 2. The second-order valence-corrected chi connectivity index (χ2v) is 10.1. The smallest absolute Gasteiger partial charge is 0.213 e. The van der Waals surface area contributed by atoms with Gasteiger partial charge in [0.2, 0.25) is 6.23 Å². The summed E-state index contributed by atoms with van der Waals surface area (Å²) in [6.45, 7) is 6.73. The molecule has 0 aromatic heterocycles. The van der Waals surface area contributed by atoms with E-state index in [1.807, 2.05) is 6.07 Å². The summed E-state index contributed by atoms with van der Waals surface area (Å²) in [5.41, 5.74) is 6.08. The van der Waals surface area contributed by atoms with Gasteiger partial charge < -0.3 is 4.74 Å². The standard InChI is InChI=1S/C30H28N2O/c1-30(2,3)24-16-14-21(15-17-24)29-32-27(25-10-6-7-11-28(25)33-29)19-26(31-32)23-13-12-20-8-4-5-9-22(20)18-23/h4-18,27,29H,19H2,1-3H3/t27-,29+/m0/s1. The van der Waals surface area contributed by atoms with Gasteiger partial charge in [-0.2, -0.15) is 5.10 Å². The van der Waals surface area contributed by atoms with Gasteiger partial charge in [0.1, 0.15) is 5.75 Å². The lowest BCUT2D eigenvalue weighted by Gasteiger charge is -2.38. The molecule has 3 nitrogen and oxygen atoms in total. The number of ether oxygens (including phenoxy) is 1. The summed E-state index contributed by atoms with van der Waals surface area (Å²) < 4.78 is 6.53. The molecular weight excluding hydrogens is 404 g/mol. The third-order valence-electron chi connectivity index (χ3n) is 6.84. The van der Waals surface area contributed by atoms with Crippen LogP contribution in [0.3, 0.4) is 0 Å². The predicted molar refractivity (Wildman–Crippen MR) is 135 cm³/mol. The lowest BCUT2D eigenvalue weighted by atomic mass is 9.86. The molecule has 4 aromatic rings. The van der Waals surface area contributed by atoms with Crippen molar-refractivity contribution < 1.29 is 4.74 Å². The Balaban J connectivity index is 1.41. The van der Waals surface area contributed by atoms with E-state index >= 15 is 0 Å². The Morgan fingerprint density at radius 1 is 0.818 bits per heavy atom. The summed E-state index contributed by atoms with van der Waals surface area (Å²) in [5.74, 6) is 0.957. The molecule has 3 heteroatoms. The largest absolute Gasteiger partial charge is 0.464 e. The Labute approximate surface area is 195 Å². The van der Waals surface area contributed by atoms with Gasteiger partial charge in [-0.3, -0.25) is 0 Å². The Bertz CT molecular complexity index is 1360. The number of hydrogen-bond donors (Lipinski definition) is 0. The van der Waals surface area contributed by atoms with E-state index in [2.05, 4.69) is 111 Å². The third kappa shape index (κ3) is 3.48. The van der Waals surface area contributed by atoms with Crippen LogP contribution >= 0.6 is 0 Å². The highest BCUT2D eigenvalue weighted by atomic mass is 16.5. The molecule has 0 saturated carbocycles. The van der Waals surface area contributed by atoms with Gasteiger partial charge in [-0.1, -0.05) is 99.6 Å². The first-order valence-electron chi connectivity index (χ1n) is 11.7. The van der Waals surface area contributed by atoms with Crippen LogP contribution in [-0.2, 0) is 5.41 Å². The molecule has 0 saturated heterocycles. The van der Waals surface area contributed by atoms with Gasteiger partial charge in [-0.05, 0) is 39.4 Å². The number of fused-ring (bicyclic) bond motifs is 4. The molecule has 0 amide bonds. The zero-order valence-corrected chi connectivity index (χ0v) is 19.3. The molecule has 0 unspecified atom stereocenters. The summed E-state index contributed by atoms with van der Waals surface area (Å²) in [4.78, 5) is 0. The number of hydrogen-bond acceptors (Lipinski definition) is 3. The molecule has 2 atom stereocenters. The highest BCUT2D eigenvalue weighted by molar-refractivity contribution is 6.04. The van der Waals surface area contributed by atoms with Crippen molar-refractivity contribution in [2.75, 3.05) is 0 Å². The van der Waals surface area contributed by atoms with Crippen LogP contribution in [0, 0.1) is 0 Å². The number of para-hydroxylation sites is 1. The third-order valence-corrected chi connectivity index (χ3v) is 6.84. The lowest BCUT2D eigenvalue weighted by Crippen LogP contribution is -2.33. The molecule has 33 heavy (non-hydrogen) atoms. The molecule has 0 fully saturated rings. The molecular formula is C30H28N2O. The number of benzene rings is 4. The fourth-order valence-corrected chi connectivity index (χ4v) is 4.95. The lowest BCUT2D eigenvalue weighted by molar-refractivity contribution is -0.0190. The van der Waals surface area contributed by atoms with Gasteiger partial charge in [0.15, 0.2) is 0 Å². The van der Waals surface area contributed by atoms with Gasteiger partial charge >= 0.3 is 0 Å². The van der Waals surface area contributed by atoms with E-state index in [-0.39, 0.29) is 17.7 Å².